The first-order chi connectivity index (χ1) is 16.7. The number of unbranched alkanes of at least 4 members (excludes halogenated alkanes) is 16. The number of hydrogen-bond acceptors (Lipinski definition) is 3. The normalized spacial score (nSPS) is 13.6. The van der Waals surface area contributed by atoms with Crippen LogP contribution in [-0.2, 0) is 4.79 Å². The van der Waals surface area contributed by atoms with Crippen molar-refractivity contribution in [3.63, 3.8) is 0 Å². The number of aliphatic hydroxyl groups is 2. The summed E-state index contributed by atoms with van der Waals surface area (Å²) in [6.45, 7) is 4.23. The first-order valence-electron chi connectivity index (χ1n) is 14.6. The van der Waals surface area contributed by atoms with Crippen LogP contribution in [0.3, 0.4) is 0 Å². The van der Waals surface area contributed by atoms with Gasteiger partial charge in [0.25, 0.3) is 0 Å². The minimum Gasteiger partial charge on any atom is -0.394 e. The van der Waals surface area contributed by atoms with Gasteiger partial charge in [-0.05, 0) is 32.1 Å². The number of carbonyl (C=O) groups excluding carboxylic acids is 1. The van der Waals surface area contributed by atoms with E-state index in [1.807, 2.05) is 6.08 Å². The summed E-state index contributed by atoms with van der Waals surface area (Å²) >= 11 is 0. The molecule has 4 nitrogen and oxygen atoms in total. The molecule has 0 spiro atoms. The van der Waals surface area contributed by atoms with Gasteiger partial charge in [0.15, 0.2) is 0 Å². The lowest BCUT2D eigenvalue weighted by Gasteiger charge is -2.19. The lowest BCUT2D eigenvalue weighted by molar-refractivity contribution is -0.123. The zero-order valence-corrected chi connectivity index (χ0v) is 22.6. The number of hydrogen-bond donors (Lipinski definition) is 3. The summed E-state index contributed by atoms with van der Waals surface area (Å²) in [6, 6.07) is -0.629. The molecule has 34 heavy (non-hydrogen) atoms. The summed E-state index contributed by atoms with van der Waals surface area (Å²) in [6.07, 6.45) is 31.1. The van der Waals surface area contributed by atoms with Gasteiger partial charge in [-0.3, -0.25) is 4.79 Å². The van der Waals surface area contributed by atoms with E-state index in [1.165, 1.54) is 89.9 Å². The smallest absolute Gasteiger partial charge is 0.220 e. The van der Waals surface area contributed by atoms with Gasteiger partial charge < -0.3 is 15.5 Å². The molecule has 0 saturated heterocycles. The minimum absolute atomic E-state index is 0.0821. The average Bonchev–Trinajstić information content (AvgIpc) is 2.84. The average molecular weight is 480 g/mol. The van der Waals surface area contributed by atoms with Crippen LogP contribution in [0, 0.1) is 0 Å². The third-order valence-corrected chi connectivity index (χ3v) is 6.44. The summed E-state index contributed by atoms with van der Waals surface area (Å²) in [7, 11) is 0. The molecule has 0 aromatic heterocycles. The van der Waals surface area contributed by atoms with Gasteiger partial charge >= 0.3 is 0 Å². The molecule has 0 aliphatic heterocycles. The van der Waals surface area contributed by atoms with Crippen molar-refractivity contribution in [3.8, 4) is 0 Å². The molecule has 0 aliphatic carbocycles. The van der Waals surface area contributed by atoms with E-state index < -0.39 is 12.1 Å². The van der Waals surface area contributed by atoms with Crippen LogP contribution in [0.5, 0.6) is 0 Å². The fraction of sp³-hybridized carbons (Fsp3) is 0.833. The molecule has 200 valence electrons. The molecule has 0 radical (unpaired) electrons. The second kappa shape index (κ2) is 26.5. The fourth-order valence-electron chi connectivity index (χ4n) is 4.13. The van der Waals surface area contributed by atoms with Crippen molar-refractivity contribution < 1.29 is 15.0 Å². The van der Waals surface area contributed by atoms with Crippen molar-refractivity contribution in [1.29, 1.82) is 0 Å². The summed E-state index contributed by atoms with van der Waals surface area (Å²) in [5.41, 5.74) is 0. The molecule has 0 fully saturated rings. The Morgan fingerprint density at radius 1 is 0.676 bits per heavy atom. The zero-order valence-electron chi connectivity index (χ0n) is 22.6. The van der Waals surface area contributed by atoms with Crippen LogP contribution in [0.4, 0.5) is 0 Å². The number of aliphatic hydroxyl groups excluding tert-OH is 2. The van der Waals surface area contributed by atoms with Gasteiger partial charge in [0.2, 0.25) is 5.91 Å². The van der Waals surface area contributed by atoms with Gasteiger partial charge in [0, 0.05) is 6.42 Å². The molecule has 4 heteroatoms. The van der Waals surface area contributed by atoms with Crippen LogP contribution in [0.1, 0.15) is 142 Å². The van der Waals surface area contributed by atoms with Crippen LogP contribution in [-0.4, -0.2) is 34.9 Å². The molecule has 2 unspecified atom stereocenters. The number of allylic oxidation sites excluding steroid dienone is 3. The van der Waals surface area contributed by atoms with E-state index in [9.17, 15) is 15.0 Å². The Balaban J connectivity index is 3.76. The molecule has 0 heterocycles. The third-order valence-electron chi connectivity index (χ3n) is 6.44. The van der Waals surface area contributed by atoms with Gasteiger partial charge in [0.1, 0.15) is 0 Å². The Hall–Kier alpha value is -1.13. The lowest BCUT2D eigenvalue weighted by atomic mass is 10.1. The molecule has 0 aliphatic rings. The summed E-state index contributed by atoms with van der Waals surface area (Å²) in [4.78, 5) is 12.1. The van der Waals surface area contributed by atoms with Crippen LogP contribution < -0.4 is 5.32 Å². The van der Waals surface area contributed by atoms with Gasteiger partial charge in [-0.25, -0.2) is 0 Å². The Morgan fingerprint density at radius 2 is 1.15 bits per heavy atom. The lowest BCUT2D eigenvalue weighted by Crippen LogP contribution is -2.45. The van der Waals surface area contributed by atoms with Gasteiger partial charge in [-0.15, -0.1) is 0 Å². The van der Waals surface area contributed by atoms with Crippen molar-refractivity contribution in [1.82, 2.24) is 5.32 Å². The number of nitrogens with one attached hydrogen (secondary N) is 1. The van der Waals surface area contributed by atoms with Crippen molar-refractivity contribution in [2.75, 3.05) is 6.61 Å². The maximum absolute atomic E-state index is 12.1. The first-order valence-corrected chi connectivity index (χ1v) is 14.6. The molecule has 0 aromatic carbocycles. The van der Waals surface area contributed by atoms with Gasteiger partial charge in [0.05, 0.1) is 18.8 Å². The Morgan fingerprint density at radius 3 is 1.71 bits per heavy atom. The van der Waals surface area contributed by atoms with Crippen molar-refractivity contribution in [3.05, 3.63) is 24.3 Å². The maximum atomic E-state index is 12.1. The SMILES string of the molecule is CCCCCCCCCC/C=C/CC/C=C/C(O)C(CO)NC(=O)CCCCCCCCCC. The van der Waals surface area contributed by atoms with E-state index in [1.54, 1.807) is 6.08 Å². The highest BCUT2D eigenvalue weighted by Gasteiger charge is 2.17. The molecule has 0 saturated carbocycles. The van der Waals surface area contributed by atoms with E-state index in [4.69, 9.17) is 0 Å². The molecule has 0 bridgehead atoms. The largest absolute Gasteiger partial charge is 0.394 e. The second-order valence-electron chi connectivity index (χ2n) is 9.81. The van der Waals surface area contributed by atoms with Crippen LogP contribution >= 0.6 is 0 Å². The Bertz CT molecular complexity index is 489. The predicted octanol–water partition coefficient (Wildman–Crippen LogP) is 7.78. The number of rotatable bonds is 25. The van der Waals surface area contributed by atoms with Gasteiger partial charge in [-0.1, -0.05) is 128 Å². The zero-order chi connectivity index (χ0) is 25.1. The molecular formula is C30H57NO3. The number of amides is 1. The van der Waals surface area contributed by atoms with E-state index in [0.29, 0.717) is 6.42 Å². The number of carbonyl (C=O) groups is 1. The Labute approximate surface area is 211 Å². The summed E-state index contributed by atoms with van der Waals surface area (Å²) in [5.74, 6) is -0.0821. The highest BCUT2D eigenvalue weighted by atomic mass is 16.3. The van der Waals surface area contributed by atoms with Crippen LogP contribution in [0.2, 0.25) is 0 Å². The molecule has 2 atom stereocenters. The van der Waals surface area contributed by atoms with Gasteiger partial charge in [-0.2, -0.15) is 0 Å². The summed E-state index contributed by atoms with van der Waals surface area (Å²) in [5, 5.41) is 22.6. The maximum Gasteiger partial charge on any atom is 0.220 e. The molecular weight excluding hydrogens is 422 g/mol. The monoisotopic (exact) mass is 479 g/mol. The molecule has 1 amide bonds. The third kappa shape index (κ3) is 22.7. The predicted molar refractivity (Wildman–Crippen MR) is 147 cm³/mol. The minimum atomic E-state index is -0.853. The first kappa shape index (κ1) is 32.9. The Kier molecular flexibility index (Phi) is 25.6. The fourth-order valence-corrected chi connectivity index (χ4v) is 4.13. The summed E-state index contributed by atoms with van der Waals surface area (Å²) < 4.78 is 0. The standard InChI is InChI=1S/C30H57NO3/c1-3-5-7-9-11-13-14-15-16-17-18-19-21-23-25-29(33)28(27-32)31-30(34)26-24-22-20-12-10-8-6-4-2/h17-18,23,25,28-29,32-33H,3-16,19-22,24,26-27H2,1-2H3,(H,31,34)/b18-17+,25-23+. The van der Waals surface area contributed by atoms with E-state index >= 15 is 0 Å². The second-order valence-corrected chi connectivity index (χ2v) is 9.81. The van der Waals surface area contributed by atoms with Crippen LogP contribution in [0.25, 0.3) is 0 Å². The molecule has 0 aromatic rings. The quantitative estimate of drug-likeness (QED) is 0.0924. The molecule has 0 rings (SSSR count). The van der Waals surface area contributed by atoms with Crippen molar-refractivity contribution in [2.45, 2.75) is 154 Å². The van der Waals surface area contributed by atoms with Crippen LogP contribution in [0.15, 0.2) is 24.3 Å². The van der Waals surface area contributed by atoms with E-state index in [0.717, 1.165) is 32.1 Å². The topological polar surface area (TPSA) is 69.6 Å². The van der Waals surface area contributed by atoms with E-state index in [-0.39, 0.29) is 12.5 Å². The highest BCUT2D eigenvalue weighted by molar-refractivity contribution is 5.76. The van der Waals surface area contributed by atoms with E-state index in [2.05, 4.69) is 31.3 Å². The highest BCUT2D eigenvalue weighted by Crippen LogP contribution is 2.11. The van der Waals surface area contributed by atoms with Crippen molar-refractivity contribution in [2.24, 2.45) is 0 Å². The van der Waals surface area contributed by atoms with Crippen molar-refractivity contribution >= 4 is 5.91 Å². The molecule has 3 N–H and O–H groups in total.